The number of carbonyl (C=O) groups is 4. The van der Waals surface area contributed by atoms with Crippen LogP contribution in [0.15, 0.2) is 12.1 Å². The van der Waals surface area contributed by atoms with Crippen molar-refractivity contribution in [3.63, 3.8) is 0 Å². The first-order valence-corrected chi connectivity index (χ1v) is 17.5. The summed E-state index contributed by atoms with van der Waals surface area (Å²) >= 11 is 37.5. The lowest BCUT2D eigenvalue weighted by Crippen LogP contribution is -2.45. The lowest BCUT2D eigenvalue weighted by atomic mass is 9.51. The van der Waals surface area contributed by atoms with Gasteiger partial charge in [-0.25, -0.2) is 19.2 Å². The van der Waals surface area contributed by atoms with Crippen LogP contribution in [0, 0.1) is 21.7 Å². The molecule has 2 aliphatic rings. The van der Waals surface area contributed by atoms with Gasteiger partial charge in [0.25, 0.3) is 0 Å². The van der Waals surface area contributed by atoms with Gasteiger partial charge >= 0.3 is 23.9 Å². The molecule has 0 bridgehead atoms. The fourth-order valence-corrected chi connectivity index (χ4v) is 7.34. The van der Waals surface area contributed by atoms with Crippen LogP contribution >= 0.6 is 69.6 Å². The highest BCUT2D eigenvalue weighted by Crippen LogP contribution is 2.59. The number of esters is 4. The van der Waals surface area contributed by atoms with Crippen molar-refractivity contribution in [1.29, 1.82) is 0 Å². The van der Waals surface area contributed by atoms with Crippen molar-refractivity contribution in [3.05, 3.63) is 53.4 Å². The Kier molecular flexibility index (Phi) is 11.6. The zero-order valence-electron chi connectivity index (χ0n) is 27.3. The third-order valence-electron chi connectivity index (χ3n) is 10.9. The molecule has 2 aromatic carbocycles. The monoisotopic (exact) mass is 782 g/mol. The van der Waals surface area contributed by atoms with Gasteiger partial charge in [-0.1, -0.05) is 111 Å². The lowest BCUT2D eigenvalue weighted by Gasteiger charge is -2.54. The number of carbonyl (C=O) groups excluding carboxylic acids is 4. The van der Waals surface area contributed by atoms with E-state index in [9.17, 15) is 19.2 Å². The molecule has 2 saturated carbocycles. The van der Waals surface area contributed by atoms with E-state index in [0.29, 0.717) is 12.8 Å². The summed E-state index contributed by atoms with van der Waals surface area (Å²) in [5, 5.41) is -1.50. The maximum atomic E-state index is 13.2. The Labute approximate surface area is 309 Å². The van der Waals surface area contributed by atoms with Gasteiger partial charge < -0.3 is 18.9 Å². The van der Waals surface area contributed by atoms with Crippen LogP contribution < -0.4 is 9.47 Å². The summed E-state index contributed by atoms with van der Waals surface area (Å²) < 4.78 is 21.4. The molecule has 2 atom stereocenters. The van der Waals surface area contributed by atoms with E-state index >= 15 is 0 Å². The highest BCUT2D eigenvalue weighted by molar-refractivity contribution is 6.47. The van der Waals surface area contributed by atoms with Gasteiger partial charge in [0, 0.05) is 0 Å². The van der Waals surface area contributed by atoms with E-state index in [1.807, 2.05) is 0 Å². The third-order valence-corrected chi connectivity index (χ3v) is 13.0. The van der Waals surface area contributed by atoms with Crippen LogP contribution in [0.5, 0.6) is 11.5 Å². The van der Waals surface area contributed by atoms with E-state index < -0.39 is 46.5 Å². The normalized spacial score (nSPS) is 22.2. The number of rotatable bonds is 10. The second-order valence-corrected chi connectivity index (χ2v) is 16.5. The smallest absolute Gasteiger partial charge is 0.423 e. The molecule has 0 aromatic heterocycles. The van der Waals surface area contributed by atoms with Gasteiger partial charge in [0.15, 0.2) is 11.5 Å². The summed E-state index contributed by atoms with van der Waals surface area (Å²) in [6.45, 7) is 12.9. The summed E-state index contributed by atoms with van der Waals surface area (Å²) in [7, 11) is 0. The van der Waals surface area contributed by atoms with Gasteiger partial charge in [0.1, 0.15) is 11.1 Å². The summed E-state index contributed by atoms with van der Waals surface area (Å²) in [4.78, 5) is 52.5. The van der Waals surface area contributed by atoms with Gasteiger partial charge in [0.2, 0.25) is 0 Å². The van der Waals surface area contributed by atoms with E-state index in [1.54, 1.807) is 0 Å². The molecule has 14 heteroatoms. The maximum Gasteiger partial charge on any atom is 0.423 e. The average Bonchev–Trinajstić information content (AvgIpc) is 3.00. The van der Waals surface area contributed by atoms with Crippen LogP contribution in [0.3, 0.4) is 0 Å². The largest absolute Gasteiger partial charge is 0.462 e. The third kappa shape index (κ3) is 7.54. The summed E-state index contributed by atoms with van der Waals surface area (Å²) in [6.07, 6.45) is 5.21. The molecule has 2 aliphatic carbocycles. The first-order chi connectivity index (χ1) is 22.1. The Morgan fingerprint density at radius 3 is 1.17 bits per heavy atom. The summed E-state index contributed by atoms with van der Waals surface area (Å²) in [6, 6.07) is 2.26. The van der Waals surface area contributed by atoms with Crippen molar-refractivity contribution in [2.75, 3.05) is 13.2 Å². The van der Waals surface area contributed by atoms with E-state index in [2.05, 4.69) is 41.5 Å². The van der Waals surface area contributed by atoms with Crippen molar-refractivity contribution < 1.29 is 38.1 Å². The zero-order chi connectivity index (χ0) is 36.0. The van der Waals surface area contributed by atoms with Gasteiger partial charge in [-0.2, -0.15) is 0 Å². The molecule has 0 aliphatic heterocycles. The van der Waals surface area contributed by atoms with Crippen molar-refractivity contribution >= 4 is 93.5 Å². The molecule has 0 amide bonds. The molecule has 2 unspecified atom stereocenters. The van der Waals surface area contributed by atoms with E-state index in [0.717, 1.165) is 37.8 Å². The maximum absolute atomic E-state index is 13.2. The van der Waals surface area contributed by atoms with Crippen LogP contribution in [-0.4, -0.2) is 37.1 Å². The van der Waals surface area contributed by atoms with Crippen molar-refractivity contribution in [3.8, 4) is 11.5 Å². The molecular weight excluding hydrogens is 749 g/mol. The molecule has 0 heterocycles. The van der Waals surface area contributed by atoms with Crippen LogP contribution in [-0.2, 0) is 19.1 Å². The molecule has 48 heavy (non-hydrogen) atoms. The number of hydrogen-bond acceptors (Lipinski definition) is 8. The SMILES string of the molecule is CC1(C)CCC1(C)CCOC(=O)c1c(Cl)c(Cl)cc(Cl)c1OC(=O)C(=O)Oc1c(Cl)cc(Cl)c(Cl)c1C(=O)OCCC1(C)CCC1(C)C. The Balaban J connectivity index is 1.51. The van der Waals surface area contributed by atoms with Gasteiger partial charge in [0.05, 0.1) is 43.3 Å². The molecule has 2 aromatic rings. The fraction of sp³-hybridized carbons (Fsp3) is 0.529. The molecular formula is C34H36Cl6O8. The highest BCUT2D eigenvalue weighted by atomic mass is 35.5. The molecule has 0 N–H and O–H groups in total. The van der Waals surface area contributed by atoms with Crippen molar-refractivity contribution in [1.82, 2.24) is 0 Å². The quantitative estimate of drug-likeness (QED) is 0.101. The first-order valence-electron chi connectivity index (χ1n) is 15.3. The van der Waals surface area contributed by atoms with Crippen molar-refractivity contribution in [2.45, 2.75) is 80.1 Å². The molecule has 4 rings (SSSR count). The summed E-state index contributed by atoms with van der Waals surface area (Å²) in [5.74, 6) is -6.40. The minimum Gasteiger partial charge on any atom is -0.462 e. The molecule has 8 nitrogen and oxygen atoms in total. The van der Waals surface area contributed by atoms with Crippen molar-refractivity contribution in [2.24, 2.45) is 21.7 Å². The zero-order valence-corrected chi connectivity index (χ0v) is 31.9. The number of hydrogen-bond donors (Lipinski definition) is 0. The van der Waals surface area contributed by atoms with Gasteiger partial charge in [-0.3, -0.25) is 0 Å². The minimum absolute atomic E-state index is 0.0368. The van der Waals surface area contributed by atoms with Crippen LogP contribution in [0.2, 0.25) is 30.1 Å². The number of halogens is 6. The second-order valence-electron chi connectivity index (χ2n) is 14.2. The fourth-order valence-electron chi connectivity index (χ4n) is 5.90. The molecule has 2 fully saturated rings. The average molecular weight is 785 g/mol. The predicted molar refractivity (Wildman–Crippen MR) is 186 cm³/mol. The van der Waals surface area contributed by atoms with Gasteiger partial charge in [-0.05, 0) is 72.3 Å². The second kappa shape index (κ2) is 14.4. The van der Waals surface area contributed by atoms with E-state index in [-0.39, 0.29) is 65.0 Å². The molecule has 0 saturated heterocycles. The molecule has 0 spiro atoms. The Bertz CT molecular complexity index is 1550. The number of benzene rings is 2. The summed E-state index contributed by atoms with van der Waals surface area (Å²) in [5.41, 5.74) is -0.842. The number of ether oxygens (including phenoxy) is 4. The van der Waals surface area contributed by atoms with Crippen LogP contribution in [0.1, 0.15) is 101 Å². The molecule has 0 radical (unpaired) electrons. The Hall–Kier alpha value is -1.94. The predicted octanol–water partition coefficient (Wildman–Crippen LogP) is 10.9. The van der Waals surface area contributed by atoms with Gasteiger partial charge in [-0.15, -0.1) is 0 Å². The highest BCUT2D eigenvalue weighted by Gasteiger charge is 2.49. The van der Waals surface area contributed by atoms with Crippen LogP contribution in [0.4, 0.5) is 0 Å². The van der Waals surface area contributed by atoms with Crippen LogP contribution in [0.25, 0.3) is 0 Å². The standard InChI is InChI=1S/C34H36Cl6O8/c1-31(2)7-9-33(31,5)11-13-45-27(41)21-23(39)17(35)15-19(37)25(21)47-29(43)30(44)48-26-20(38)16-18(36)24(40)22(26)28(42)46-14-12-34(6)10-8-32(34,3)4/h15-16H,7-14H2,1-6H3. The first kappa shape index (κ1) is 38.9. The minimum atomic E-state index is -1.64. The topological polar surface area (TPSA) is 105 Å². The Morgan fingerprint density at radius 2 is 0.896 bits per heavy atom. The van der Waals surface area contributed by atoms with E-state index in [1.165, 1.54) is 0 Å². The Morgan fingerprint density at radius 1 is 0.562 bits per heavy atom. The van der Waals surface area contributed by atoms with E-state index in [4.69, 9.17) is 88.6 Å². The lowest BCUT2D eigenvalue weighted by molar-refractivity contribution is -0.156. The molecule has 262 valence electrons.